The molecule has 14 heteroatoms. The minimum atomic E-state index is -0.631. The van der Waals surface area contributed by atoms with Crippen LogP contribution in [0.25, 0.3) is 11.0 Å². The van der Waals surface area contributed by atoms with Crippen molar-refractivity contribution in [2.75, 3.05) is 51.3 Å². The minimum Gasteiger partial charge on any atom is -0.491 e. The van der Waals surface area contributed by atoms with Crippen LogP contribution in [-0.4, -0.2) is 88.9 Å². The van der Waals surface area contributed by atoms with E-state index >= 15 is 0 Å². The molecule has 0 bridgehead atoms. The lowest BCUT2D eigenvalue weighted by molar-refractivity contribution is 0.0358. The summed E-state index contributed by atoms with van der Waals surface area (Å²) in [5.74, 6) is -0.0550. The van der Waals surface area contributed by atoms with Gasteiger partial charge in [0.05, 0.1) is 31.0 Å². The van der Waals surface area contributed by atoms with Gasteiger partial charge in [-0.3, -0.25) is 19.8 Å². The van der Waals surface area contributed by atoms with Crippen LogP contribution in [-0.2, 0) is 22.4 Å². The lowest BCUT2D eigenvalue weighted by Crippen LogP contribution is -2.37. The number of nitrogens with zero attached hydrogens (tertiary/aromatic N) is 4. The van der Waals surface area contributed by atoms with E-state index in [0.717, 1.165) is 26.1 Å². The first kappa shape index (κ1) is 33.5. The third-order valence-electron chi connectivity index (χ3n) is 6.86. The monoisotopic (exact) mass is 625 g/mol. The van der Waals surface area contributed by atoms with E-state index in [0.29, 0.717) is 54.6 Å². The van der Waals surface area contributed by atoms with Crippen molar-refractivity contribution in [3.63, 3.8) is 0 Å². The molecular weight excluding hydrogens is 582 g/mol. The summed E-state index contributed by atoms with van der Waals surface area (Å²) in [5.41, 5.74) is 6.77. The molecule has 3 aromatic rings. The topological polar surface area (TPSA) is 176 Å². The first-order valence-corrected chi connectivity index (χ1v) is 15.1. The van der Waals surface area contributed by atoms with Crippen molar-refractivity contribution in [3.05, 3.63) is 47.2 Å². The number of rotatable bonds is 13. The van der Waals surface area contributed by atoms with Crippen LogP contribution in [0.4, 0.5) is 10.7 Å². The smallest absolute Gasteiger partial charge is 0.407 e. The van der Waals surface area contributed by atoms with Crippen LogP contribution in [0.15, 0.2) is 28.7 Å². The normalized spacial score (nSPS) is 14.2. The highest BCUT2D eigenvalue weighted by Crippen LogP contribution is 2.31. The van der Waals surface area contributed by atoms with E-state index < -0.39 is 23.5 Å². The molecule has 4 rings (SSSR count). The van der Waals surface area contributed by atoms with E-state index in [4.69, 9.17) is 24.4 Å². The van der Waals surface area contributed by atoms with E-state index in [1.165, 1.54) is 0 Å². The molecule has 0 radical (unpaired) electrons. The zero-order valence-electron chi connectivity index (χ0n) is 26.6. The van der Waals surface area contributed by atoms with Gasteiger partial charge in [-0.05, 0) is 45.7 Å². The summed E-state index contributed by atoms with van der Waals surface area (Å²) in [6.07, 6.45) is 4.30. The summed E-state index contributed by atoms with van der Waals surface area (Å²) >= 11 is 0. The van der Waals surface area contributed by atoms with Crippen LogP contribution in [0.2, 0.25) is 0 Å². The van der Waals surface area contributed by atoms with E-state index in [1.54, 1.807) is 50.5 Å². The number of morpholine rings is 1. The van der Waals surface area contributed by atoms with Gasteiger partial charge in [0.25, 0.3) is 5.91 Å². The van der Waals surface area contributed by atoms with Crippen LogP contribution in [0, 0.1) is 6.92 Å². The average Bonchev–Trinajstić information content (AvgIpc) is 3.54. The zero-order valence-corrected chi connectivity index (χ0v) is 26.6. The van der Waals surface area contributed by atoms with Crippen molar-refractivity contribution in [2.24, 2.45) is 5.73 Å². The zero-order chi connectivity index (χ0) is 32.6. The number of hydrogen-bond donors (Lipinski definition) is 3. The number of ether oxygens (including phenoxy) is 3. The Balaban J connectivity index is 1.62. The quantitative estimate of drug-likeness (QED) is 0.188. The summed E-state index contributed by atoms with van der Waals surface area (Å²) in [6.45, 7) is 13.8. The molecule has 4 N–H and O–H groups in total. The number of allylic oxidation sites excluding steroid dienone is 1. The Hall–Kier alpha value is -4.43. The van der Waals surface area contributed by atoms with Crippen LogP contribution in [0.3, 0.4) is 0 Å². The Morgan fingerprint density at radius 3 is 2.58 bits per heavy atom. The fourth-order valence-electron chi connectivity index (χ4n) is 4.82. The van der Waals surface area contributed by atoms with Gasteiger partial charge in [0.1, 0.15) is 16.9 Å². The number of benzene rings is 1. The number of aromatic nitrogens is 3. The maximum atomic E-state index is 13.3. The molecule has 1 fully saturated rings. The number of nitrogens with two attached hydrogens (primary N) is 1. The number of fused-ring (bicyclic) bond motifs is 1. The number of carbonyl (C=O) groups excluding carboxylic acids is 3. The highest BCUT2D eigenvalue weighted by Gasteiger charge is 2.23. The number of hydrogen-bond acceptors (Lipinski definition) is 10. The van der Waals surface area contributed by atoms with Crippen LogP contribution in [0.5, 0.6) is 5.75 Å². The maximum absolute atomic E-state index is 13.3. The third-order valence-corrected chi connectivity index (χ3v) is 6.86. The Labute approximate surface area is 262 Å². The summed E-state index contributed by atoms with van der Waals surface area (Å²) in [6, 6.07) is 3.15. The van der Waals surface area contributed by atoms with Crippen molar-refractivity contribution in [3.8, 4) is 5.75 Å². The van der Waals surface area contributed by atoms with Crippen molar-refractivity contribution in [1.82, 2.24) is 24.8 Å². The first-order chi connectivity index (χ1) is 21.4. The molecule has 1 aromatic carbocycles. The molecule has 1 aliphatic rings. The molecule has 0 spiro atoms. The molecule has 0 aliphatic carbocycles. The fourth-order valence-corrected chi connectivity index (χ4v) is 4.82. The molecule has 0 atom stereocenters. The van der Waals surface area contributed by atoms with Crippen LogP contribution in [0.1, 0.15) is 66.6 Å². The second-order valence-corrected chi connectivity index (χ2v) is 11.6. The lowest BCUT2D eigenvalue weighted by Gasteiger charge is -2.26. The molecule has 14 nitrogen and oxygen atoms in total. The van der Waals surface area contributed by atoms with Gasteiger partial charge in [0.15, 0.2) is 5.89 Å². The summed E-state index contributed by atoms with van der Waals surface area (Å²) in [5, 5.41) is 5.52. The van der Waals surface area contributed by atoms with Gasteiger partial charge in [0, 0.05) is 45.2 Å². The molecular formula is C31H43N7O7. The maximum Gasteiger partial charge on any atom is 0.407 e. The van der Waals surface area contributed by atoms with E-state index in [9.17, 15) is 14.4 Å². The molecule has 2 aromatic heterocycles. The van der Waals surface area contributed by atoms with Gasteiger partial charge >= 0.3 is 6.09 Å². The Morgan fingerprint density at radius 1 is 1.13 bits per heavy atom. The third kappa shape index (κ3) is 9.28. The molecule has 45 heavy (non-hydrogen) atoms. The van der Waals surface area contributed by atoms with E-state index in [-0.39, 0.29) is 30.4 Å². The Morgan fingerprint density at radius 2 is 1.89 bits per heavy atom. The van der Waals surface area contributed by atoms with Crippen molar-refractivity contribution >= 4 is 34.9 Å². The number of carbonyl (C=O) groups is 3. The van der Waals surface area contributed by atoms with Gasteiger partial charge in [-0.15, -0.1) is 0 Å². The standard InChI is InChI=1S/C31H43N7O7/c1-6-22-26(44-20(2)34-22)28(40)36-29-35-23-18-21(27(32)39)19-24(43-15-9-11-37-13-16-42-17-14-37)25(23)38(29)12-8-7-10-33-30(41)45-31(3,4)5/h7-8,18-19H,6,9-17H2,1-5H3,(H2,32,39)(H,33,41)(H,35,36,40)/b8-7+. The molecule has 1 aliphatic heterocycles. The van der Waals surface area contributed by atoms with Gasteiger partial charge in [-0.1, -0.05) is 19.1 Å². The highest BCUT2D eigenvalue weighted by atomic mass is 16.6. The van der Waals surface area contributed by atoms with Crippen molar-refractivity contribution in [1.29, 1.82) is 0 Å². The molecule has 244 valence electrons. The number of nitrogens with one attached hydrogen (secondary N) is 2. The number of amides is 3. The van der Waals surface area contributed by atoms with Crippen LogP contribution >= 0.6 is 0 Å². The molecule has 3 amide bonds. The number of alkyl carbamates (subject to hydrolysis) is 1. The molecule has 1 saturated heterocycles. The minimum absolute atomic E-state index is 0.100. The SMILES string of the molecule is CCc1nc(C)oc1C(=O)Nc1nc2cc(C(N)=O)cc(OCCCN3CCOCC3)c2n1C/C=C/CNC(=O)OC(C)(C)C. The predicted octanol–water partition coefficient (Wildman–Crippen LogP) is 3.43. The Kier molecular flexibility index (Phi) is 11.2. The van der Waals surface area contributed by atoms with Gasteiger partial charge < -0.3 is 34.2 Å². The summed E-state index contributed by atoms with van der Waals surface area (Å²) in [7, 11) is 0. The number of anilines is 1. The van der Waals surface area contributed by atoms with Crippen molar-refractivity contribution < 1.29 is 33.0 Å². The number of oxazole rings is 1. The number of primary amides is 1. The van der Waals surface area contributed by atoms with Crippen molar-refractivity contribution in [2.45, 2.75) is 59.6 Å². The highest BCUT2D eigenvalue weighted by molar-refractivity contribution is 6.04. The number of imidazole rings is 1. The lowest BCUT2D eigenvalue weighted by atomic mass is 10.1. The largest absolute Gasteiger partial charge is 0.491 e. The van der Waals surface area contributed by atoms with Crippen LogP contribution < -0.4 is 21.1 Å². The Bertz CT molecular complexity index is 1530. The summed E-state index contributed by atoms with van der Waals surface area (Å²) in [4.78, 5) is 48.8. The fraction of sp³-hybridized carbons (Fsp3) is 0.516. The second-order valence-electron chi connectivity index (χ2n) is 11.6. The first-order valence-electron chi connectivity index (χ1n) is 15.1. The second kappa shape index (κ2) is 15.0. The van der Waals surface area contributed by atoms with E-state index in [1.807, 2.05) is 13.0 Å². The van der Waals surface area contributed by atoms with Gasteiger partial charge in [-0.2, -0.15) is 0 Å². The number of aryl methyl sites for hydroxylation is 2. The summed E-state index contributed by atoms with van der Waals surface area (Å²) < 4.78 is 24.3. The van der Waals surface area contributed by atoms with Gasteiger partial charge in [0.2, 0.25) is 17.6 Å². The molecule has 3 heterocycles. The van der Waals surface area contributed by atoms with E-state index in [2.05, 4.69) is 25.5 Å². The molecule has 0 unspecified atom stereocenters. The molecule has 0 saturated carbocycles. The average molecular weight is 626 g/mol. The van der Waals surface area contributed by atoms with Gasteiger partial charge in [-0.25, -0.2) is 14.8 Å². The predicted molar refractivity (Wildman–Crippen MR) is 168 cm³/mol.